The Labute approximate surface area is 106 Å². The Balaban J connectivity index is 2.11. The van der Waals surface area contributed by atoms with E-state index >= 15 is 0 Å². The van der Waals surface area contributed by atoms with Gasteiger partial charge in [0.15, 0.2) is 0 Å². The fourth-order valence-electron chi connectivity index (χ4n) is 1.51. The molecule has 0 aliphatic rings. The summed E-state index contributed by atoms with van der Waals surface area (Å²) < 4.78 is 0. The van der Waals surface area contributed by atoms with Crippen molar-refractivity contribution >= 4 is 17.6 Å². The van der Waals surface area contributed by atoms with Gasteiger partial charge in [-0.25, -0.2) is 0 Å². The van der Waals surface area contributed by atoms with E-state index in [-0.39, 0.29) is 0 Å². The summed E-state index contributed by atoms with van der Waals surface area (Å²) in [6.07, 6.45) is 1.81. The first kappa shape index (κ1) is 11.9. The van der Waals surface area contributed by atoms with Gasteiger partial charge < -0.3 is 5.32 Å². The third-order valence-electron chi connectivity index (χ3n) is 2.56. The van der Waals surface area contributed by atoms with E-state index in [2.05, 4.69) is 16.4 Å². The van der Waals surface area contributed by atoms with Crippen LogP contribution in [0.4, 0.5) is 11.4 Å². The topological polar surface area (TPSA) is 48.2 Å². The van der Waals surface area contributed by atoms with Gasteiger partial charge in [-0.3, -0.25) is 4.99 Å². The van der Waals surface area contributed by atoms with Gasteiger partial charge in [-0.05, 0) is 42.0 Å². The van der Waals surface area contributed by atoms with Crippen molar-refractivity contribution in [1.82, 2.24) is 0 Å². The van der Waals surface area contributed by atoms with Gasteiger partial charge >= 0.3 is 0 Å². The van der Waals surface area contributed by atoms with Crippen LogP contribution in [0.1, 0.15) is 11.1 Å². The highest BCUT2D eigenvalue weighted by atomic mass is 14.8. The highest BCUT2D eigenvalue weighted by molar-refractivity contribution is 5.82. The maximum absolute atomic E-state index is 8.69. The molecule has 88 valence electrons. The molecule has 0 aliphatic carbocycles. The predicted octanol–water partition coefficient (Wildman–Crippen LogP) is 3.35. The number of nitrogens with one attached hydrogen (secondary N) is 1. The average molecular weight is 235 g/mol. The third-order valence-corrected chi connectivity index (χ3v) is 2.56. The van der Waals surface area contributed by atoms with Crippen molar-refractivity contribution in [3.05, 3.63) is 59.7 Å². The summed E-state index contributed by atoms with van der Waals surface area (Å²) in [6.45, 7) is 0. The summed E-state index contributed by atoms with van der Waals surface area (Å²) in [6, 6.07) is 17.3. The number of anilines is 1. The summed E-state index contributed by atoms with van der Waals surface area (Å²) in [5, 5.41) is 11.8. The minimum absolute atomic E-state index is 0.646. The van der Waals surface area contributed by atoms with E-state index < -0.39 is 0 Å². The molecule has 0 saturated heterocycles. The minimum atomic E-state index is 0.646. The molecule has 2 aromatic rings. The minimum Gasteiger partial charge on any atom is -0.388 e. The molecule has 0 spiro atoms. The molecule has 18 heavy (non-hydrogen) atoms. The summed E-state index contributed by atoms with van der Waals surface area (Å²) in [5.41, 5.74) is 3.60. The van der Waals surface area contributed by atoms with Crippen LogP contribution in [0, 0.1) is 11.3 Å². The van der Waals surface area contributed by atoms with Crippen LogP contribution in [0.2, 0.25) is 0 Å². The van der Waals surface area contributed by atoms with Crippen LogP contribution >= 0.6 is 0 Å². The molecular weight excluding hydrogens is 222 g/mol. The van der Waals surface area contributed by atoms with Crippen LogP contribution in [0.25, 0.3) is 0 Å². The van der Waals surface area contributed by atoms with Crippen LogP contribution in [-0.4, -0.2) is 13.3 Å². The van der Waals surface area contributed by atoms with Crippen molar-refractivity contribution in [2.75, 3.05) is 12.4 Å². The Kier molecular flexibility index (Phi) is 3.72. The molecule has 0 aromatic heterocycles. The van der Waals surface area contributed by atoms with E-state index in [0.717, 1.165) is 16.9 Å². The first-order valence-electron chi connectivity index (χ1n) is 5.64. The molecule has 0 fully saturated rings. The van der Waals surface area contributed by atoms with Crippen LogP contribution in [0.3, 0.4) is 0 Å². The molecule has 0 saturated carbocycles. The molecule has 2 rings (SSSR count). The van der Waals surface area contributed by atoms with Crippen molar-refractivity contribution in [3.8, 4) is 6.07 Å². The maximum Gasteiger partial charge on any atom is 0.0991 e. The molecule has 3 heteroatoms. The highest BCUT2D eigenvalue weighted by Gasteiger charge is 1.92. The largest absolute Gasteiger partial charge is 0.388 e. The van der Waals surface area contributed by atoms with Crippen molar-refractivity contribution in [1.29, 1.82) is 5.26 Å². The summed E-state index contributed by atoms with van der Waals surface area (Å²) in [4.78, 5) is 4.35. The van der Waals surface area contributed by atoms with Gasteiger partial charge in [0.05, 0.1) is 17.3 Å². The molecule has 0 unspecified atom stereocenters. The van der Waals surface area contributed by atoms with E-state index in [1.54, 1.807) is 18.3 Å². The van der Waals surface area contributed by atoms with Gasteiger partial charge in [-0.2, -0.15) is 5.26 Å². The van der Waals surface area contributed by atoms with Gasteiger partial charge in [0.25, 0.3) is 0 Å². The first-order valence-corrected chi connectivity index (χ1v) is 5.64. The zero-order valence-corrected chi connectivity index (χ0v) is 10.1. The lowest BCUT2D eigenvalue weighted by Gasteiger charge is -1.99. The van der Waals surface area contributed by atoms with E-state index in [0.29, 0.717) is 5.56 Å². The normalized spacial score (nSPS) is 10.2. The van der Waals surface area contributed by atoms with Gasteiger partial charge in [0.2, 0.25) is 0 Å². The molecular formula is C15H13N3. The van der Waals surface area contributed by atoms with Crippen molar-refractivity contribution in [2.24, 2.45) is 4.99 Å². The lowest BCUT2D eigenvalue weighted by Crippen LogP contribution is -1.87. The van der Waals surface area contributed by atoms with Gasteiger partial charge in [-0.1, -0.05) is 12.1 Å². The Morgan fingerprint density at radius 2 is 1.72 bits per heavy atom. The second-order valence-electron chi connectivity index (χ2n) is 3.79. The van der Waals surface area contributed by atoms with Crippen LogP contribution in [-0.2, 0) is 0 Å². The Morgan fingerprint density at radius 1 is 1.06 bits per heavy atom. The molecule has 0 amide bonds. The first-order chi connectivity index (χ1) is 8.81. The van der Waals surface area contributed by atoms with Gasteiger partial charge in [0.1, 0.15) is 0 Å². The highest BCUT2D eigenvalue weighted by Crippen LogP contribution is 2.13. The van der Waals surface area contributed by atoms with E-state index in [4.69, 9.17) is 5.26 Å². The lowest BCUT2D eigenvalue weighted by molar-refractivity contribution is 1.46. The number of rotatable bonds is 3. The second-order valence-corrected chi connectivity index (χ2v) is 3.79. The Morgan fingerprint density at radius 3 is 2.28 bits per heavy atom. The zero-order valence-electron chi connectivity index (χ0n) is 10.1. The second kappa shape index (κ2) is 5.65. The van der Waals surface area contributed by atoms with Crippen molar-refractivity contribution < 1.29 is 0 Å². The number of benzene rings is 2. The standard InChI is InChI=1S/C15H13N3/c1-17-14-6-4-13(5-7-14)11-18-15-8-2-12(10-16)3-9-15/h2-9,11,17H,1H3. The predicted molar refractivity (Wildman–Crippen MR) is 74.4 cm³/mol. The smallest absolute Gasteiger partial charge is 0.0991 e. The number of nitrogens with zero attached hydrogens (tertiary/aromatic N) is 2. The van der Waals surface area contributed by atoms with Gasteiger partial charge in [0, 0.05) is 18.9 Å². The summed E-state index contributed by atoms with van der Waals surface area (Å²) in [7, 11) is 1.89. The molecule has 1 N–H and O–H groups in total. The number of hydrogen-bond acceptors (Lipinski definition) is 3. The van der Waals surface area contributed by atoms with Crippen molar-refractivity contribution in [3.63, 3.8) is 0 Å². The molecule has 0 heterocycles. The molecule has 0 bridgehead atoms. The molecule has 3 nitrogen and oxygen atoms in total. The van der Waals surface area contributed by atoms with Crippen molar-refractivity contribution in [2.45, 2.75) is 0 Å². The fraction of sp³-hybridized carbons (Fsp3) is 0.0667. The SMILES string of the molecule is CNc1ccc(C=Nc2ccc(C#N)cc2)cc1. The van der Waals surface area contributed by atoms with Gasteiger partial charge in [-0.15, -0.1) is 0 Å². The quantitative estimate of drug-likeness (QED) is 0.829. The van der Waals surface area contributed by atoms with Crippen LogP contribution < -0.4 is 5.32 Å². The average Bonchev–Trinajstić information content (AvgIpc) is 2.46. The Bertz CT molecular complexity index is 575. The van der Waals surface area contributed by atoms with E-state index in [1.165, 1.54) is 0 Å². The molecule has 0 radical (unpaired) electrons. The van der Waals surface area contributed by atoms with E-state index in [1.807, 2.05) is 43.4 Å². The third kappa shape index (κ3) is 2.96. The molecule has 0 atom stereocenters. The monoisotopic (exact) mass is 235 g/mol. The maximum atomic E-state index is 8.69. The summed E-state index contributed by atoms with van der Waals surface area (Å²) in [5.74, 6) is 0. The zero-order chi connectivity index (χ0) is 12.8. The van der Waals surface area contributed by atoms with Crippen LogP contribution in [0.5, 0.6) is 0 Å². The van der Waals surface area contributed by atoms with Crippen LogP contribution in [0.15, 0.2) is 53.5 Å². The molecule has 0 aliphatic heterocycles. The Hall–Kier alpha value is -2.60. The van der Waals surface area contributed by atoms with E-state index in [9.17, 15) is 0 Å². The number of nitriles is 1. The summed E-state index contributed by atoms with van der Waals surface area (Å²) >= 11 is 0. The lowest BCUT2D eigenvalue weighted by atomic mass is 10.2. The number of aliphatic imine (C=N–C) groups is 1. The number of hydrogen-bond donors (Lipinski definition) is 1. The molecule has 2 aromatic carbocycles. The fourth-order valence-corrected chi connectivity index (χ4v) is 1.51.